The summed E-state index contributed by atoms with van der Waals surface area (Å²) in [5, 5.41) is 0.972. The molecule has 2 rings (SSSR count). The van der Waals surface area contributed by atoms with Gasteiger partial charge in [-0.15, -0.1) is 0 Å². The Hall–Kier alpha value is -1.03. The molecule has 0 saturated heterocycles. The van der Waals surface area contributed by atoms with Crippen LogP contribution in [0.4, 0.5) is 0 Å². The van der Waals surface area contributed by atoms with Crippen molar-refractivity contribution in [3.63, 3.8) is 0 Å². The van der Waals surface area contributed by atoms with Crippen molar-refractivity contribution in [2.24, 2.45) is 0 Å². The molecule has 56 valence electrons. The van der Waals surface area contributed by atoms with E-state index in [4.69, 9.17) is 0 Å². The molecule has 2 aromatic rings. The predicted octanol–water partition coefficient (Wildman–Crippen LogP) is 1.45. The van der Waals surface area contributed by atoms with Gasteiger partial charge < -0.3 is 0 Å². The molecule has 2 aromatic heterocycles. The number of hydrogen-bond acceptors (Lipinski definition) is 3. The maximum Gasteiger partial charge on any atom is 0.174 e. The second-order valence-corrected chi connectivity index (χ2v) is 2.87. The number of thioether (sulfide) groups is 1. The molecule has 0 amide bonds. The fraction of sp³-hybridized carbons (Fsp3) is 0.143. The molecule has 0 radical (unpaired) electrons. The van der Waals surface area contributed by atoms with Crippen LogP contribution in [-0.4, -0.2) is 20.6 Å². The number of hydrogen-bond donors (Lipinski definition) is 0. The summed E-state index contributed by atoms with van der Waals surface area (Å²) in [6.45, 7) is 0. The molecular formula is C7H7N3S. The lowest BCUT2D eigenvalue weighted by Crippen LogP contribution is -1.92. The Labute approximate surface area is 68.5 Å². The standard InChI is InChI=1S/C7H7N3S/c1-11-7-9-5-8-6-3-2-4-10(6)7/h2-5H,1H3. The summed E-state index contributed by atoms with van der Waals surface area (Å²) in [6, 6.07) is 3.92. The van der Waals surface area contributed by atoms with Crippen LogP contribution in [0.5, 0.6) is 0 Å². The molecule has 3 nitrogen and oxygen atoms in total. The molecule has 0 aliphatic rings. The van der Waals surface area contributed by atoms with Crippen LogP contribution < -0.4 is 0 Å². The molecule has 0 spiro atoms. The van der Waals surface area contributed by atoms with E-state index in [1.807, 2.05) is 29.0 Å². The predicted molar refractivity (Wildman–Crippen MR) is 44.8 cm³/mol. The Morgan fingerprint density at radius 1 is 1.45 bits per heavy atom. The number of rotatable bonds is 1. The van der Waals surface area contributed by atoms with Crippen molar-refractivity contribution in [1.82, 2.24) is 14.4 Å². The Bertz CT molecular complexity index is 368. The lowest BCUT2D eigenvalue weighted by Gasteiger charge is -1.98. The van der Waals surface area contributed by atoms with Gasteiger partial charge in [0, 0.05) is 6.20 Å². The van der Waals surface area contributed by atoms with Crippen LogP contribution in [0.1, 0.15) is 0 Å². The molecule has 0 aliphatic heterocycles. The van der Waals surface area contributed by atoms with Crippen LogP contribution in [0.2, 0.25) is 0 Å². The van der Waals surface area contributed by atoms with E-state index < -0.39 is 0 Å². The van der Waals surface area contributed by atoms with E-state index in [1.165, 1.54) is 0 Å². The minimum absolute atomic E-state index is 0.948. The average Bonchev–Trinajstić information content (AvgIpc) is 2.50. The topological polar surface area (TPSA) is 30.2 Å². The molecule has 0 bridgehead atoms. The number of aromatic nitrogens is 3. The van der Waals surface area contributed by atoms with Crippen molar-refractivity contribution in [1.29, 1.82) is 0 Å². The zero-order valence-corrected chi connectivity index (χ0v) is 6.88. The number of nitrogens with zero attached hydrogens (tertiary/aromatic N) is 3. The second-order valence-electron chi connectivity index (χ2n) is 2.10. The van der Waals surface area contributed by atoms with Gasteiger partial charge in [-0.3, -0.25) is 4.40 Å². The van der Waals surface area contributed by atoms with E-state index in [0.29, 0.717) is 0 Å². The molecule has 2 heterocycles. The van der Waals surface area contributed by atoms with Gasteiger partial charge in [0.1, 0.15) is 12.0 Å². The van der Waals surface area contributed by atoms with Gasteiger partial charge in [-0.2, -0.15) is 0 Å². The summed E-state index contributed by atoms with van der Waals surface area (Å²) in [6.07, 6.45) is 5.55. The first-order valence-corrected chi connectivity index (χ1v) is 4.46. The van der Waals surface area contributed by atoms with Crippen molar-refractivity contribution < 1.29 is 0 Å². The highest BCUT2D eigenvalue weighted by molar-refractivity contribution is 7.98. The summed E-state index contributed by atoms with van der Waals surface area (Å²) in [7, 11) is 0. The van der Waals surface area contributed by atoms with Crippen molar-refractivity contribution in [2.45, 2.75) is 5.16 Å². The first-order valence-electron chi connectivity index (χ1n) is 3.24. The third-order valence-corrected chi connectivity index (χ3v) is 2.14. The van der Waals surface area contributed by atoms with Crippen molar-refractivity contribution >= 4 is 17.4 Å². The van der Waals surface area contributed by atoms with E-state index >= 15 is 0 Å². The van der Waals surface area contributed by atoms with Crippen LogP contribution in [0.25, 0.3) is 5.65 Å². The lowest BCUT2D eigenvalue weighted by molar-refractivity contribution is 0.870. The summed E-state index contributed by atoms with van der Waals surface area (Å²) in [4.78, 5) is 8.20. The third kappa shape index (κ3) is 0.991. The van der Waals surface area contributed by atoms with Crippen LogP contribution in [-0.2, 0) is 0 Å². The van der Waals surface area contributed by atoms with E-state index in [1.54, 1.807) is 18.1 Å². The Balaban J connectivity index is 2.79. The van der Waals surface area contributed by atoms with Gasteiger partial charge >= 0.3 is 0 Å². The molecule has 0 saturated carbocycles. The molecule has 11 heavy (non-hydrogen) atoms. The van der Waals surface area contributed by atoms with Crippen LogP contribution in [0, 0.1) is 0 Å². The van der Waals surface area contributed by atoms with Crippen LogP contribution in [0.3, 0.4) is 0 Å². The Kier molecular flexibility index (Phi) is 1.54. The zero-order valence-electron chi connectivity index (χ0n) is 6.06. The number of fused-ring (bicyclic) bond motifs is 1. The smallest absolute Gasteiger partial charge is 0.174 e. The Morgan fingerprint density at radius 2 is 2.36 bits per heavy atom. The van der Waals surface area contributed by atoms with Crippen LogP contribution >= 0.6 is 11.8 Å². The first-order chi connectivity index (χ1) is 5.42. The maximum absolute atomic E-state index is 4.11. The van der Waals surface area contributed by atoms with Crippen molar-refractivity contribution in [3.8, 4) is 0 Å². The minimum atomic E-state index is 0.948. The zero-order chi connectivity index (χ0) is 7.68. The van der Waals surface area contributed by atoms with Gasteiger partial charge in [0.2, 0.25) is 0 Å². The molecule has 0 atom stereocenters. The largest absolute Gasteiger partial charge is 0.280 e. The van der Waals surface area contributed by atoms with Gasteiger partial charge in [-0.1, -0.05) is 11.8 Å². The molecule has 4 heteroatoms. The fourth-order valence-corrected chi connectivity index (χ4v) is 1.49. The first kappa shape index (κ1) is 6.67. The third-order valence-electron chi connectivity index (χ3n) is 1.47. The molecule has 0 unspecified atom stereocenters. The van der Waals surface area contributed by atoms with Gasteiger partial charge in [-0.05, 0) is 18.4 Å². The van der Waals surface area contributed by atoms with Gasteiger partial charge in [0.05, 0.1) is 0 Å². The Morgan fingerprint density at radius 3 is 3.18 bits per heavy atom. The normalized spacial score (nSPS) is 10.6. The summed E-state index contributed by atoms with van der Waals surface area (Å²) >= 11 is 1.61. The summed E-state index contributed by atoms with van der Waals surface area (Å²) < 4.78 is 1.96. The maximum atomic E-state index is 4.11. The second kappa shape index (κ2) is 2.54. The summed E-state index contributed by atoms with van der Waals surface area (Å²) in [5.41, 5.74) is 0.948. The molecule has 0 fully saturated rings. The SMILES string of the molecule is CSc1ncnc2cccn12. The monoisotopic (exact) mass is 165 g/mol. The quantitative estimate of drug-likeness (QED) is 0.599. The van der Waals surface area contributed by atoms with E-state index in [-0.39, 0.29) is 0 Å². The van der Waals surface area contributed by atoms with E-state index in [9.17, 15) is 0 Å². The minimum Gasteiger partial charge on any atom is -0.280 e. The van der Waals surface area contributed by atoms with Crippen LogP contribution in [0.15, 0.2) is 29.8 Å². The fourth-order valence-electron chi connectivity index (χ4n) is 0.989. The van der Waals surface area contributed by atoms with Gasteiger partial charge in [0.15, 0.2) is 5.16 Å². The van der Waals surface area contributed by atoms with E-state index in [2.05, 4.69) is 9.97 Å². The van der Waals surface area contributed by atoms with E-state index in [0.717, 1.165) is 10.8 Å². The lowest BCUT2D eigenvalue weighted by atomic mass is 10.6. The molecule has 0 aliphatic carbocycles. The van der Waals surface area contributed by atoms with Crippen molar-refractivity contribution in [2.75, 3.05) is 6.26 Å². The van der Waals surface area contributed by atoms with Gasteiger partial charge in [0.25, 0.3) is 0 Å². The molecular weight excluding hydrogens is 158 g/mol. The van der Waals surface area contributed by atoms with Crippen molar-refractivity contribution in [3.05, 3.63) is 24.7 Å². The highest BCUT2D eigenvalue weighted by Crippen LogP contribution is 2.11. The highest BCUT2D eigenvalue weighted by Gasteiger charge is 1.97. The average molecular weight is 165 g/mol. The molecule has 0 aromatic carbocycles. The highest BCUT2D eigenvalue weighted by atomic mass is 32.2. The van der Waals surface area contributed by atoms with Gasteiger partial charge in [-0.25, -0.2) is 9.97 Å². The molecule has 0 N–H and O–H groups in total. The summed E-state index contributed by atoms with van der Waals surface area (Å²) in [5.74, 6) is 0.